The topological polar surface area (TPSA) is 17.1 Å². The second kappa shape index (κ2) is 3.52. The smallest absolute Gasteiger partial charge is 0.133 e. The summed E-state index contributed by atoms with van der Waals surface area (Å²) in [6.07, 6.45) is 5.22. The Morgan fingerprint density at radius 1 is 1.36 bits per heavy atom. The van der Waals surface area contributed by atoms with Crippen LogP contribution in [-0.4, -0.2) is 5.78 Å². The van der Waals surface area contributed by atoms with Crippen LogP contribution in [0, 0.1) is 23.7 Å². The molecule has 1 saturated carbocycles. The Labute approximate surface area is 86.6 Å². The fraction of sp³-hybridized carbons (Fsp3) is 0.769. The number of allylic oxidation sites excluding steroid dienone is 2. The van der Waals surface area contributed by atoms with Gasteiger partial charge in [0.15, 0.2) is 0 Å². The summed E-state index contributed by atoms with van der Waals surface area (Å²) >= 11 is 0. The molecule has 1 heteroatoms. The van der Waals surface area contributed by atoms with Crippen molar-refractivity contribution in [2.75, 3.05) is 0 Å². The minimum Gasteiger partial charge on any atom is -0.300 e. The molecule has 0 aromatic heterocycles. The van der Waals surface area contributed by atoms with Gasteiger partial charge in [0.05, 0.1) is 0 Å². The highest BCUT2D eigenvalue weighted by molar-refractivity contribution is 5.82. The van der Waals surface area contributed by atoms with Gasteiger partial charge in [0.2, 0.25) is 0 Å². The van der Waals surface area contributed by atoms with Crippen molar-refractivity contribution in [3.8, 4) is 0 Å². The van der Waals surface area contributed by atoms with Crippen molar-refractivity contribution in [1.29, 1.82) is 0 Å². The molecular formula is C13H20O. The lowest BCUT2D eigenvalue weighted by molar-refractivity contribution is -0.117. The Morgan fingerprint density at radius 3 is 2.71 bits per heavy atom. The maximum Gasteiger partial charge on any atom is 0.133 e. The Hall–Kier alpha value is -0.590. The van der Waals surface area contributed by atoms with Gasteiger partial charge in [-0.25, -0.2) is 0 Å². The fourth-order valence-electron chi connectivity index (χ4n) is 3.25. The summed E-state index contributed by atoms with van der Waals surface area (Å²) in [7, 11) is 0. The van der Waals surface area contributed by atoms with E-state index in [2.05, 4.69) is 26.8 Å². The van der Waals surface area contributed by atoms with E-state index in [4.69, 9.17) is 0 Å². The fourth-order valence-corrected chi connectivity index (χ4v) is 3.25. The maximum atomic E-state index is 11.5. The van der Waals surface area contributed by atoms with E-state index < -0.39 is 0 Å². The second-order valence-electron chi connectivity index (χ2n) is 5.31. The maximum absolute atomic E-state index is 11.5. The number of rotatable bonds is 1. The van der Waals surface area contributed by atoms with Crippen LogP contribution in [0.2, 0.25) is 0 Å². The molecule has 2 rings (SSSR count). The predicted molar refractivity (Wildman–Crippen MR) is 57.9 cm³/mol. The zero-order valence-corrected chi connectivity index (χ0v) is 9.42. The van der Waals surface area contributed by atoms with Crippen LogP contribution in [0.15, 0.2) is 11.6 Å². The lowest BCUT2D eigenvalue weighted by Gasteiger charge is -2.35. The number of hydrogen-bond acceptors (Lipinski definition) is 1. The van der Waals surface area contributed by atoms with Gasteiger partial charge in [0.1, 0.15) is 5.78 Å². The molecule has 0 aromatic rings. The first-order valence-corrected chi connectivity index (χ1v) is 5.78. The van der Waals surface area contributed by atoms with E-state index in [0.29, 0.717) is 17.6 Å². The molecule has 1 fully saturated rings. The highest BCUT2D eigenvalue weighted by Crippen LogP contribution is 2.46. The molecule has 2 aliphatic rings. The molecule has 0 bridgehead atoms. The van der Waals surface area contributed by atoms with Crippen molar-refractivity contribution in [3.05, 3.63) is 11.6 Å². The van der Waals surface area contributed by atoms with Crippen LogP contribution in [0.1, 0.15) is 40.0 Å². The quantitative estimate of drug-likeness (QED) is 0.583. The van der Waals surface area contributed by atoms with E-state index in [1.807, 2.05) is 0 Å². The minimum atomic E-state index is 0.486. The molecule has 0 saturated heterocycles. The summed E-state index contributed by atoms with van der Waals surface area (Å²) in [5.41, 5.74) is 1.47. The van der Waals surface area contributed by atoms with Crippen molar-refractivity contribution in [2.24, 2.45) is 23.7 Å². The third-order valence-corrected chi connectivity index (χ3v) is 4.13. The average Bonchev–Trinajstić information content (AvgIpc) is 2.47. The first-order valence-electron chi connectivity index (χ1n) is 5.78. The second-order valence-corrected chi connectivity index (χ2v) is 5.31. The molecule has 0 aliphatic heterocycles. The van der Waals surface area contributed by atoms with Crippen LogP contribution in [0.25, 0.3) is 0 Å². The van der Waals surface area contributed by atoms with Crippen molar-refractivity contribution < 1.29 is 4.79 Å². The Kier molecular flexibility index (Phi) is 2.50. The summed E-state index contributed by atoms with van der Waals surface area (Å²) in [6.45, 7) is 6.78. The van der Waals surface area contributed by atoms with Crippen LogP contribution < -0.4 is 0 Å². The normalized spacial score (nSPS) is 37.3. The van der Waals surface area contributed by atoms with Crippen LogP contribution in [0.5, 0.6) is 0 Å². The van der Waals surface area contributed by atoms with Crippen LogP contribution >= 0.6 is 0 Å². The molecular weight excluding hydrogens is 172 g/mol. The summed E-state index contributed by atoms with van der Waals surface area (Å²) in [6, 6.07) is 0. The zero-order chi connectivity index (χ0) is 10.3. The molecule has 0 aromatic carbocycles. The predicted octanol–water partition coefficient (Wildman–Crippen LogP) is 3.20. The lowest BCUT2D eigenvalue weighted by atomic mass is 9.70. The van der Waals surface area contributed by atoms with E-state index in [0.717, 1.165) is 24.7 Å². The van der Waals surface area contributed by atoms with E-state index in [1.54, 1.807) is 0 Å². The molecule has 78 valence electrons. The van der Waals surface area contributed by atoms with Gasteiger partial charge in [0.25, 0.3) is 0 Å². The molecule has 0 amide bonds. The number of hydrogen-bond donors (Lipinski definition) is 0. The largest absolute Gasteiger partial charge is 0.300 e. The van der Waals surface area contributed by atoms with Gasteiger partial charge in [-0.15, -0.1) is 0 Å². The van der Waals surface area contributed by atoms with Crippen LogP contribution in [0.4, 0.5) is 0 Å². The molecule has 14 heavy (non-hydrogen) atoms. The number of carbonyl (C=O) groups is 1. The molecule has 2 aliphatic carbocycles. The number of ketones is 1. The van der Waals surface area contributed by atoms with Gasteiger partial charge in [-0.1, -0.05) is 25.5 Å². The molecule has 1 nitrogen and oxygen atoms in total. The van der Waals surface area contributed by atoms with Gasteiger partial charge in [-0.2, -0.15) is 0 Å². The molecule has 0 heterocycles. The van der Waals surface area contributed by atoms with E-state index in [9.17, 15) is 4.79 Å². The summed E-state index contributed by atoms with van der Waals surface area (Å²) in [5, 5.41) is 0. The van der Waals surface area contributed by atoms with E-state index in [1.165, 1.54) is 12.0 Å². The molecule has 0 spiro atoms. The summed E-state index contributed by atoms with van der Waals surface area (Å²) < 4.78 is 0. The zero-order valence-electron chi connectivity index (χ0n) is 9.42. The number of fused-ring (bicyclic) bond motifs is 1. The number of carbonyl (C=O) groups excluding carboxylic acids is 1. The minimum absolute atomic E-state index is 0.486. The first kappa shape index (κ1) is 9.95. The Bertz CT molecular complexity index is 275. The molecule has 0 unspecified atom stereocenters. The third-order valence-electron chi connectivity index (χ3n) is 4.13. The lowest BCUT2D eigenvalue weighted by Crippen LogP contribution is -2.27. The van der Waals surface area contributed by atoms with Gasteiger partial charge >= 0.3 is 0 Å². The van der Waals surface area contributed by atoms with Crippen molar-refractivity contribution >= 4 is 5.78 Å². The summed E-state index contributed by atoms with van der Waals surface area (Å²) in [5.74, 6) is 3.20. The SMILES string of the molecule is CC1=CC[C@H](C(C)C)[C@H]2CC(=O)C[C@@H]12. The van der Waals surface area contributed by atoms with Crippen molar-refractivity contribution in [3.63, 3.8) is 0 Å². The van der Waals surface area contributed by atoms with Gasteiger partial charge in [-0.05, 0) is 37.0 Å². The van der Waals surface area contributed by atoms with Crippen LogP contribution in [0.3, 0.4) is 0 Å². The highest BCUT2D eigenvalue weighted by atomic mass is 16.1. The standard InChI is InChI=1S/C13H20O/c1-8(2)11-5-4-9(3)12-6-10(14)7-13(11)12/h4,8,11-13H,5-7H2,1-3H3/t11-,12+,13-/m1/s1. The van der Waals surface area contributed by atoms with Gasteiger partial charge in [0, 0.05) is 12.8 Å². The molecule has 3 atom stereocenters. The number of Topliss-reactive ketones (excluding diaryl/α,β-unsaturated/α-hetero) is 1. The summed E-state index contributed by atoms with van der Waals surface area (Å²) in [4.78, 5) is 11.5. The van der Waals surface area contributed by atoms with Gasteiger partial charge in [-0.3, -0.25) is 4.79 Å². The van der Waals surface area contributed by atoms with Crippen LogP contribution in [-0.2, 0) is 4.79 Å². The van der Waals surface area contributed by atoms with Gasteiger partial charge < -0.3 is 0 Å². The van der Waals surface area contributed by atoms with E-state index >= 15 is 0 Å². The Morgan fingerprint density at radius 2 is 2.07 bits per heavy atom. The molecule has 0 radical (unpaired) electrons. The average molecular weight is 192 g/mol. The van der Waals surface area contributed by atoms with Crippen molar-refractivity contribution in [2.45, 2.75) is 40.0 Å². The third kappa shape index (κ3) is 1.53. The highest BCUT2D eigenvalue weighted by Gasteiger charge is 2.41. The van der Waals surface area contributed by atoms with Crippen molar-refractivity contribution in [1.82, 2.24) is 0 Å². The monoisotopic (exact) mass is 192 g/mol. The first-order chi connectivity index (χ1) is 6.59. The Balaban J connectivity index is 2.23. The van der Waals surface area contributed by atoms with E-state index in [-0.39, 0.29) is 0 Å². The molecule has 0 N–H and O–H groups in total.